The maximum absolute atomic E-state index is 12.8. The van der Waals surface area contributed by atoms with E-state index in [-0.39, 0.29) is 23.2 Å². The quantitative estimate of drug-likeness (QED) is 0.626. The molecule has 170 valence electrons. The van der Waals surface area contributed by atoms with Crippen LogP contribution in [0.2, 0.25) is 0 Å². The zero-order chi connectivity index (χ0) is 23.6. The summed E-state index contributed by atoms with van der Waals surface area (Å²) in [6.45, 7) is 6.62. The van der Waals surface area contributed by atoms with Crippen molar-refractivity contribution in [3.05, 3.63) is 65.1 Å². The number of carbonyl (C=O) groups is 1. The fraction of sp³-hybridized carbons (Fsp3) is 0.429. The van der Waals surface area contributed by atoms with Gasteiger partial charge in [0.05, 0.1) is 17.0 Å². The maximum Gasteiger partial charge on any atom is 0.176 e. The van der Waals surface area contributed by atoms with Gasteiger partial charge in [0.15, 0.2) is 11.6 Å². The molecule has 0 aliphatic heterocycles. The molecule has 0 unspecified atom stereocenters. The van der Waals surface area contributed by atoms with Crippen molar-refractivity contribution in [2.75, 3.05) is 6.54 Å². The lowest BCUT2D eigenvalue weighted by Gasteiger charge is -2.45. The normalized spacial score (nSPS) is 24.5. The Bertz CT molecular complexity index is 1160. The van der Waals surface area contributed by atoms with Gasteiger partial charge in [-0.25, -0.2) is 9.97 Å². The van der Waals surface area contributed by atoms with Crippen molar-refractivity contribution >= 4 is 11.4 Å². The number of rotatable bonds is 6. The van der Waals surface area contributed by atoms with Crippen LogP contribution < -0.4 is 5.73 Å². The molecule has 0 fully saturated rings. The number of hydrogen-bond donors (Lipinski definition) is 1. The second kappa shape index (κ2) is 9.41. The van der Waals surface area contributed by atoms with Crippen molar-refractivity contribution in [1.82, 2.24) is 9.97 Å². The van der Waals surface area contributed by atoms with Gasteiger partial charge in [0.2, 0.25) is 0 Å². The Morgan fingerprint density at radius 1 is 1.30 bits per heavy atom. The summed E-state index contributed by atoms with van der Waals surface area (Å²) in [6.07, 6.45) is 8.84. The lowest BCUT2D eigenvalue weighted by atomic mass is 9.57. The number of nitrogens with two attached hydrogens (primary N) is 1. The van der Waals surface area contributed by atoms with E-state index in [0.717, 1.165) is 60.2 Å². The number of Topliss-reactive ketones (excluding diaryl/α,β-unsaturated/α-hetero) is 1. The van der Waals surface area contributed by atoms with Gasteiger partial charge in [-0.3, -0.25) is 4.79 Å². The molecule has 0 saturated heterocycles. The molecule has 5 heteroatoms. The summed E-state index contributed by atoms with van der Waals surface area (Å²) in [7, 11) is 0. The third-order valence-corrected chi connectivity index (χ3v) is 7.34. The Labute approximate surface area is 196 Å². The average Bonchev–Trinajstić information content (AvgIpc) is 2.84. The van der Waals surface area contributed by atoms with E-state index in [0.29, 0.717) is 12.4 Å². The second-order valence-corrected chi connectivity index (χ2v) is 9.42. The van der Waals surface area contributed by atoms with Crippen molar-refractivity contribution in [3.63, 3.8) is 0 Å². The SMILES string of the molecule is CCCC/C=C(\CN)c1nc(-c2ccccc2)c2c(n1)[C@]1(C)C=C(C#N)C(=O)[C@H](C)[C@H]1CC2. The molecule has 0 amide bonds. The van der Waals surface area contributed by atoms with Gasteiger partial charge in [0.1, 0.15) is 6.07 Å². The van der Waals surface area contributed by atoms with Gasteiger partial charge in [-0.05, 0) is 25.2 Å². The monoisotopic (exact) mass is 440 g/mol. The van der Waals surface area contributed by atoms with Crippen LogP contribution in [0.3, 0.4) is 0 Å². The van der Waals surface area contributed by atoms with Crippen molar-refractivity contribution < 1.29 is 4.79 Å². The van der Waals surface area contributed by atoms with Gasteiger partial charge in [0.25, 0.3) is 0 Å². The topological polar surface area (TPSA) is 92.7 Å². The molecule has 2 aliphatic carbocycles. The Morgan fingerprint density at radius 3 is 2.73 bits per heavy atom. The third-order valence-electron chi connectivity index (χ3n) is 7.34. The first-order valence-electron chi connectivity index (χ1n) is 12.0. The highest BCUT2D eigenvalue weighted by molar-refractivity contribution is 6.02. The second-order valence-electron chi connectivity index (χ2n) is 9.42. The van der Waals surface area contributed by atoms with Crippen LogP contribution in [0.4, 0.5) is 0 Å². The number of fused-ring (bicyclic) bond motifs is 3. The summed E-state index contributed by atoms with van der Waals surface area (Å²) in [5, 5.41) is 9.67. The van der Waals surface area contributed by atoms with Gasteiger partial charge < -0.3 is 5.73 Å². The number of nitriles is 1. The number of allylic oxidation sites excluding steroid dienone is 3. The highest BCUT2D eigenvalue weighted by atomic mass is 16.1. The number of aromatic nitrogens is 2. The minimum Gasteiger partial charge on any atom is -0.326 e. The first kappa shape index (κ1) is 23.1. The minimum atomic E-state index is -0.504. The van der Waals surface area contributed by atoms with E-state index >= 15 is 0 Å². The van der Waals surface area contributed by atoms with Crippen molar-refractivity contribution in [2.45, 2.75) is 58.3 Å². The molecular formula is C28H32N4O. The van der Waals surface area contributed by atoms with E-state index < -0.39 is 5.41 Å². The fourth-order valence-electron chi connectivity index (χ4n) is 5.50. The molecule has 4 rings (SSSR count). The highest BCUT2D eigenvalue weighted by Gasteiger charge is 2.49. The van der Waals surface area contributed by atoms with E-state index in [9.17, 15) is 10.1 Å². The molecule has 2 N–H and O–H groups in total. The van der Waals surface area contributed by atoms with Gasteiger partial charge in [0, 0.05) is 34.6 Å². The van der Waals surface area contributed by atoms with Crippen LogP contribution in [-0.4, -0.2) is 22.3 Å². The summed E-state index contributed by atoms with van der Waals surface area (Å²) in [5.74, 6) is 0.495. The number of carbonyl (C=O) groups excluding carboxylic acids is 1. The summed E-state index contributed by atoms with van der Waals surface area (Å²) in [6, 6.07) is 12.3. The zero-order valence-electron chi connectivity index (χ0n) is 19.8. The molecule has 0 spiro atoms. The van der Waals surface area contributed by atoms with Crippen LogP contribution in [0.5, 0.6) is 0 Å². The maximum atomic E-state index is 12.8. The number of hydrogen-bond acceptors (Lipinski definition) is 5. The van der Waals surface area contributed by atoms with E-state index in [1.54, 1.807) is 0 Å². The van der Waals surface area contributed by atoms with Crippen LogP contribution >= 0.6 is 0 Å². The van der Waals surface area contributed by atoms with Gasteiger partial charge in [-0.15, -0.1) is 0 Å². The molecule has 0 radical (unpaired) electrons. The van der Waals surface area contributed by atoms with E-state index in [1.165, 1.54) is 0 Å². The van der Waals surface area contributed by atoms with Gasteiger partial charge in [-0.1, -0.05) is 76.1 Å². The molecule has 3 atom stereocenters. The van der Waals surface area contributed by atoms with E-state index in [4.69, 9.17) is 15.7 Å². The predicted molar refractivity (Wildman–Crippen MR) is 131 cm³/mol. The molecule has 1 aromatic carbocycles. The molecule has 1 aromatic heterocycles. The van der Waals surface area contributed by atoms with Gasteiger partial charge in [-0.2, -0.15) is 5.26 Å². The largest absolute Gasteiger partial charge is 0.326 e. The van der Waals surface area contributed by atoms with Crippen LogP contribution in [0, 0.1) is 23.2 Å². The third kappa shape index (κ3) is 4.05. The molecule has 1 heterocycles. The molecule has 0 bridgehead atoms. The van der Waals surface area contributed by atoms with Crippen LogP contribution in [0.15, 0.2) is 48.1 Å². The Hall–Kier alpha value is -3.10. The smallest absolute Gasteiger partial charge is 0.176 e. The minimum absolute atomic E-state index is 0.0527. The lowest BCUT2D eigenvalue weighted by Crippen LogP contribution is -2.46. The molecule has 2 aliphatic rings. The standard InChI is InChI=1S/C28H32N4O/c1-4-5-7-12-20(16-29)27-31-24(19-10-8-6-9-11-19)22-13-14-23-18(2)25(33)21(17-30)15-28(23,3)26(22)32-27/h6,8-12,15,18,23H,4-5,7,13-14,16,29H2,1-3H3/b20-12+/t18-,23-,28-/m1/s1. The first-order chi connectivity index (χ1) is 15.9. The summed E-state index contributed by atoms with van der Waals surface area (Å²) in [5.41, 5.74) is 10.9. The van der Waals surface area contributed by atoms with Crippen LogP contribution in [-0.2, 0) is 16.6 Å². The van der Waals surface area contributed by atoms with E-state index in [1.807, 2.05) is 31.2 Å². The van der Waals surface area contributed by atoms with Crippen LogP contribution in [0.25, 0.3) is 16.8 Å². The van der Waals surface area contributed by atoms with E-state index in [2.05, 4.69) is 38.1 Å². The first-order valence-corrected chi connectivity index (χ1v) is 12.0. The van der Waals surface area contributed by atoms with Crippen molar-refractivity contribution in [3.8, 4) is 17.3 Å². The highest BCUT2D eigenvalue weighted by Crippen LogP contribution is 2.50. The number of ketones is 1. The number of benzene rings is 1. The molecule has 0 saturated carbocycles. The molecule has 2 aromatic rings. The number of unbranched alkanes of at least 4 members (excludes halogenated alkanes) is 2. The fourth-order valence-corrected chi connectivity index (χ4v) is 5.50. The molecule has 5 nitrogen and oxygen atoms in total. The Balaban J connectivity index is 1.97. The summed E-state index contributed by atoms with van der Waals surface area (Å²) in [4.78, 5) is 22.9. The van der Waals surface area contributed by atoms with Crippen molar-refractivity contribution in [1.29, 1.82) is 5.26 Å². The van der Waals surface area contributed by atoms with Crippen LogP contribution in [0.1, 0.15) is 63.5 Å². The lowest BCUT2D eigenvalue weighted by molar-refractivity contribution is -0.121. The Kier molecular flexibility index (Phi) is 6.58. The number of nitrogens with zero attached hydrogens (tertiary/aromatic N) is 3. The summed E-state index contributed by atoms with van der Waals surface area (Å²) >= 11 is 0. The molecule has 33 heavy (non-hydrogen) atoms. The molecular weight excluding hydrogens is 408 g/mol. The Morgan fingerprint density at radius 2 is 2.06 bits per heavy atom. The zero-order valence-corrected chi connectivity index (χ0v) is 19.8. The average molecular weight is 441 g/mol. The summed E-state index contributed by atoms with van der Waals surface area (Å²) < 4.78 is 0. The predicted octanol–water partition coefficient (Wildman–Crippen LogP) is 5.16. The van der Waals surface area contributed by atoms with Gasteiger partial charge >= 0.3 is 0 Å². The van der Waals surface area contributed by atoms with Crippen molar-refractivity contribution in [2.24, 2.45) is 17.6 Å².